The summed E-state index contributed by atoms with van der Waals surface area (Å²) in [7, 11) is 1.46. The third kappa shape index (κ3) is 5.10. The van der Waals surface area contributed by atoms with Crippen molar-refractivity contribution in [3.63, 3.8) is 0 Å². The molecule has 0 spiro atoms. The van der Waals surface area contributed by atoms with E-state index in [2.05, 4.69) is 20.5 Å². The maximum absolute atomic E-state index is 15.6. The molecule has 14 heteroatoms. The Balaban J connectivity index is 1.21. The Bertz CT molecular complexity index is 2420. The number of aryl methyl sites for hydroxylation is 2. The van der Waals surface area contributed by atoms with Gasteiger partial charge < -0.3 is 19.4 Å². The van der Waals surface area contributed by atoms with E-state index >= 15 is 8.78 Å². The van der Waals surface area contributed by atoms with Crippen molar-refractivity contribution in [3.05, 3.63) is 111 Å². The highest BCUT2D eigenvalue weighted by Gasteiger charge is 2.49. The summed E-state index contributed by atoms with van der Waals surface area (Å²) in [6, 6.07) is 13.4. The van der Waals surface area contributed by atoms with Gasteiger partial charge in [0.2, 0.25) is 0 Å². The number of halogens is 3. The predicted molar refractivity (Wildman–Crippen MR) is 184 cm³/mol. The standard InChI is InChI=1S/C37H29F3N6O4S/c1-49-25-6-2-4-21-22(25)17-37(39,40)32(21)43-33-31-19(13-14-41-33)16-26(51-31)28-27(34-44-45-36(48)50-34)23(12-9-18-7-10-20(38)11-8-18)42-30-24-5-3-15-46(24)35(47)29(28)30/h2,4,6-8,10-11,13-14,16,24,32H,3,5,9,12,15,17H2,1H3,(H,41,43)(H,45,48)/t24-,32-/m1/s1. The number of fused-ring (bicyclic) bond motifs is 5. The molecule has 6 aromatic rings. The Kier molecular flexibility index (Phi) is 7.28. The lowest BCUT2D eigenvalue weighted by atomic mass is 9.93. The van der Waals surface area contributed by atoms with Crippen LogP contribution in [0, 0.1) is 5.82 Å². The van der Waals surface area contributed by atoms with Crippen LogP contribution in [0.4, 0.5) is 19.0 Å². The molecule has 1 aliphatic carbocycles. The minimum Gasteiger partial charge on any atom is -0.496 e. The lowest BCUT2D eigenvalue weighted by Crippen LogP contribution is -2.28. The second-order valence-electron chi connectivity index (χ2n) is 13.0. The minimum absolute atomic E-state index is 0.0238. The fourth-order valence-electron chi connectivity index (χ4n) is 7.77. The highest BCUT2D eigenvalue weighted by molar-refractivity contribution is 7.23. The van der Waals surface area contributed by atoms with Gasteiger partial charge in [0, 0.05) is 35.2 Å². The summed E-state index contributed by atoms with van der Waals surface area (Å²) in [5.74, 6) is -3.75. The van der Waals surface area contributed by atoms with Crippen LogP contribution in [0.1, 0.15) is 63.4 Å². The Hall–Kier alpha value is -5.50. The molecule has 4 aromatic heterocycles. The third-order valence-corrected chi connectivity index (χ3v) is 11.2. The highest BCUT2D eigenvalue weighted by Crippen LogP contribution is 2.52. The molecule has 2 aromatic carbocycles. The number of aromatic amines is 1. The van der Waals surface area contributed by atoms with Crippen molar-refractivity contribution in [1.29, 1.82) is 0 Å². The fraction of sp³-hybridized carbons (Fsp3) is 0.270. The Morgan fingerprint density at radius 2 is 1.94 bits per heavy atom. The zero-order valence-corrected chi connectivity index (χ0v) is 28.0. The van der Waals surface area contributed by atoms with E-state index in [-0.39, 0.29) is 29.5 Å². The van der Waals surface area contributed by atoms with Crippen LogP contribution < -0.4 is 15.8 Å². The number of methoxy groups -OCH3 is 1. The molecule has 258 valence electrons. The summed E-state index contributed by atoms with van der Waals surface area (Å²) in [5.41, 5.74) is 4.28. The van der Waals surface area contributed by atoms with E-state index in [4.69, 9.17) is 14.1 Å². The molecular weight excluding hydrogens is 682 g/mol. The Morgan fingerprint density at radius 1 is 1.10 bits per heavy atom. The lowest BCUT2D eigenvalue weighted by molar-refractivity contribution is -0.00734. The number of anilines is 1. The van der Waals surface area contributed by atoms with Crippen LogP contribution in [-0.2, 0) is 19.3 Å². The number of H-pyrrole nitrogens is 1. The van der Waals surface area contributed by atoms with Crippen molar-refractivity contribution >= 4 is 33.1 Å². The van der Waals surface area contributed by atoms with Crippen molar-refractivity contribution in [2.24, 2.45) is 0 Å². The van der Waals surface area contributed by atoms with E-state index in [1.165, 1.54) is 30.6 Å². The molecule has 51 heavy (non-hydrogen) atoms. The summed E-state index contributed by atoms with van der Waals surface area (Å²) in [4.78, 5) is 38.5. The summed E-state index contributed by atoms with van der Waals surface area (Å²) >= 11 is 1.29. The molecule has 0 unspecified atom stereocenters. The van der Waals surface area contributed by atoms with Crippen molar-refractivity contribution in [3.8, 4) is 27.6 Å². The van der Waals surface area contributed by atoms with Gasteiger partial charge >= 0.3 is 5.76 Å². The van der Waals surface area contributed by atoms with Crippen LogP contribution in [0.25, 0.3) is 32.0 Å². The molecule has 9 rings (SSSR count). The van der Waals surface area contributed by atoms with Gasteiger partial charge in [0.05, 0.1) is 40.4 Å². The summed E-state index contributed by atoms with van der Waals surface area (Å²) in [6.45, 7) is 0.587. The average Bonchev–Trinajstić information content (AvgIpc) is 3.95. The monoisotopic (exact) mass is 710 g/mol. The van der Waals surface area contributed by atoms with Gasteiger partial charge in [-0.05, 0) is 72.5 Å². The summed E-state index contributed by atoms with van der Waals surface area (Å²) < 4.78 is 56.5. The van der Waals surface area contributed by atoms with E-state index in [0.29, 0.717) is 73.9 Å². The average molecular weight is 711 g/mol. The number of nitrogens with one attached hydrogen (secondary N) is 2. The number of amides is 1. The SMILES string of the molecule is COc1cccc2c1CC(F)(F)[C@@H]2Nc1nccc2cc(-c3c4c(nc(CCc5ccc(F)cc5)c3-c3n[nH]c(=O)o3)[C@H]3CCCN3C4=O)sc12. The highest BCUT2D eigenvalue weighted by atomic mass is 32.1. The van der Waals surface area contributed by atoms with Gasteiger partial charge in [-0.2, -0.15) is 0 Å². The van der Waals surface area contributed by atoms with Crippen LogP contribution in [0.5, 0.6) is 5.75 Å². The normalized spacial score (nSPS) is 18.7. The van der Waals surface area contributed by atoms with Crippen LogP contribution in [0.2, 0.25) is 0 Å². The molecule has 0 radical (unpaired) electrons. The molecule has 0 bridgehead atoms. The number of aromatic nitrogens is 4. The van der Waals surface area contributed by atoms with Crippen molar-refractivity contribution in [2.45, 2.75) is 50.1 Å². The number of alkyl halides is 2. The zero-order chi connectivity index (χ0) is 35.0. The third-order valence-electron chi connectivity index (χ3n) is 10.1. The minimum atomic E-state index is -3.12. The predicted octanol–water partition coefficient (Wildman–Crippen LogP) is 7.27. The number of rotatable bonds is 8. The number of benzene rings is 2. The van der Waals surface area contributed by atoms with E-state index in [1.807, 2.05) is 11.0 Å². The van der Waals surface area contributed by atoms with Gasteiger partial charge in [-0.25, -0.2) is 28.0 Å². The van der Waals surface area contributed by atoms with Gasteiger partial charge in [0.15, 0.2) is 0 Å². The van der Waals surface area contributed by atoms with Gasteiger partial charge in [0.25, 0.3) is 17.7 Å². The largest absolute Gasteiger partial charge is 0.496 e. The van der Waals surface area contributed by atoms with Crippen molar-refractivity contribution < 1.29 is 27.1 Å². The summed E-state index contributed by atoms with van der Waals surface area (Å²) in [5, 5.41) is 10.3. The van der Waals surface area contributed by atoms with Gasteiger partial charge in [-0.3, -0.25) is 9.78 Å². The van der Waals surface area contributed by atoms with Gasteiger partial charge in [-0.15, -0.1) is 16.4 Å². The number of carbonyl (C=O) groups excluding carboxylic acids is 1. The molecule has 10 nitrogen and oxygen atoms in total. The number of thiophene rings is 1. The quantitative estimate of drug-likeness (QED) is 0.169. The number of carbonyl (C=O) groups is 1. The van der Waals surface area contributed by atoms with E-state index in [9.17, 15) is 14.0 Å². The van der Waals surface area contributed by atoms with E-state index < -0.39 is 24.1 Å². The first-order valence-electron chi connectivity index (χ1n) is 16.6. The van der Waals surface area contributed by atoms with Crippen LogP contribution in [0.3, 0.4) is 0 Å². The van der Waals surface area contributed by atoms with Crippen molar-refractivity contribution in [1.82, 2.24) is 25.1 Å². The molecule has 2 aliphatic heterocycles. The van der Waals surface area contributed by atoms with Crippen LogP contribution in [0.15, 0.2) is 70.0 Å². The number of nitrogens with zero attached hydrogens (tertiary/aromatic N) is 4. The van der Waals surface area contributed by atoms with E-state index in [0.717, 1.165) is 23.8 Å². The number of hydrogen-bond acceptors (Lipinski definition) is 9. The van der Waals surface area contributed by atoms with Gasteiger partial charge in [-0.1, -0.05) is 24.3 Å². The van der Waals surface area contributed by atoms with Crippen molar-refractivity contribution in [2.75, 3.05) is 19.0 Å². The first kappa shape index (κ1) is 31.5. The molecular formula is C37H29F3N6O4S. The molecule has 2 atom stereocenters. The lowest BCUT2D eigenvalue weighted by Gasteiger charge is -2.22. The molecule has 1 fully saturated rings. The Morgan fingerprint density at radius 3 is 2.73 bits per heavy atom. The fourth-order valence-corrected chi connectivity index (χ4v) is 8.93. The first-order chi connectivity index (χ1) is 24.7. The van der Waals surface area contributed by atoms with Crippen LogP contribution >= 0.6 is 11.3 Å². The molecule has 6 heterocycles. The Labute approximate surface area is 292 Å². The topological polar surface area (TPSA) is 126 Å². The maximum atomic E-state index is 15.6. The van der Waals surface area contributed by atoms with E-state index in [1.54, 1.807) is 42.6 Å². The number of pyridine rings is 2. The molecule has 3 aliphatic rings. The first-order valence-corrected chi connectivity index (χ1v) is 17.4. The molecule has 1 amide bonds. The second-order valence-corrected chi connectivity index (χ2v) is 14.1. The smallest absolute Gasteiger partial charge is 0.434 e. The zero-order valence-electron chi connectivity index (χ0n) is 27.1. The molecule has 0 saturated carbocycles. The van der Waals surface area contributed by atoms with Crippen LogP contribution in [-0.4, -0.2) is 50.5 Å². The maximum Gasteiger partial charge on any atom is 0.434 e. The molecule has 2 N–H and O–H groups in total. The second kappa shape index (κ2) is 11.8. The summed E-state index contributed by atoms with van der Waals surface area (Å²) in [6.07, 6.45) is 3.54. The number of hydrogen-bond donors (Lipinski definition) is 2. The molecule has 1 saturated heterocycles. The number of ether oxygens (including phenoxy) is 1. The van der Waals surface area contributed by atoms with Gasteiger partial charge in [0.1, 0.15) is 23.4 Å².